The Morgan fingerprint density at radius 1 is 1.30 bits per heavy atom. The van der Waals surface area contributed by atoms with E-state index < -0.39 is 5.97 Å². The first-order valence-corrected chi connectivity index (χ1v) is 7.10. The van der Waals surface area contributed by atoms with Gasteiger partial charge in [-0.05, 0) is 48.1 Å². The topological polar surface area (TPSA) is 66.4 Å². The number of hydrogen-bond acceptors (Lipinski definition) is 3. The molecule has 1 aromatic heterocycles. The number of aryl methyl sites for hydroxylation is 1. The van der Waals surface area contributed by atoms with Crippen LogP contribution >= 0.6 is 11.3 Å². The van der Waals surface area contributed by atoms with Crippen molar-refractivity contribution in [3.63, 3.8) is 0 Å². The molecule has 0 aliphatic carbocycles. The van der Waals surface area contributed by atoms with Gasteiger partial charge in [-0.25, -0.2) is 4.79 Å². The van der Waals surface area contributed by atoms with Gasteiger partial charge in [0.15, 0.2) is 0 Å². The highest BCUT2D eigenvalue weighted by Crippen LogP contribution is 2.15. The summed E-state index contributed by atoms with van der Waals surface area (Å²) in [6.07, 6.45) is 0.608. The van der Waals surface area contributed by atoms with Crippen molar-refractivity contribution < 1.29 is 14.7 Å². The molecule has 1 heterocycles. The third-order valence-corrected chi connectivity index (χ3v) is 3.96. The Kier molecular flexibility index (Phi) is 4.53. The van der Waals surface area contributed by atoms with E-state index in [1.807, 2.05) is 24.4 Å². The van der Waals surface area contributed by atoms with E-state index in [0.717, 1.165) is 16.0 Å². The second-order valence-electron chi connectivity index (χ2n) is 4.44. The number of aromatic carboxylic acids is 1. The van der Waals surface area contributed by atoms with Gasteiger partial charge in [-0.2, -0.15) is 0 Å². The number of hydrogen-bond donors (Lipinski definition) is 2. The van der Waals surface area contributed by atoms with Crippen LogP contribution in [-0.2, 0) is 6.42 Å². The van der Waals surface area contributed by atoms with Crippen molar-refractivity contribution in [3.8, 4) is 0 Å². The maximum absolute atomic E-state index is 11.9. The van der Waals surface area contributed by atoms with E-state index in [4.69, 9.17) is 5.11 Å². The Balaban J connectivity index is 1.90. The van der Waals surface area contributed by atoms with Gasteiger partial charge in [0.1, 0.15) is 0 Å². The van der Waals surface area contributed by atoms with Gasteiger partial charge < -0.3 is 10.4 Å². The van der Waals surface area contributed by atoms with Crippen LogP contribution in [0, 0.1) is 6.92 Å². The fourth-order valence-electron chi connectivity index (χ4n) is 1.87. The maximum Gasteiger partial charge on any atom is 0.335 e. The lowest BCUT2D eigenvalue weighted by atomic mass is 10.1. The first-order chi connectivity index (χ1) is 9.58. The summed E-state index contributed by atoms with van der Waals surface area (Å²) in [7, 11) is 0. The van der Waals surface area contributed by atoms with Crippen molar-refractivity contribution in [2.75, 3.05) is 6.54 Å². The molecule has 0 radical (unpaired) electrons. The van der Waals surface area contributed by atoms with Gasteiger partial charge in [0.05, 0.1) is 10.4 Å². The molecule has 104 valence electrons. The van der Waals surface area contributed by atoms with Gasteiger partial charge in [-0.15, -0.1) is 11.3 Å². The fourth-order valence-corrected chi connectivity index (χ4v) is 2.71. The highest BCUT2D eigenvalue weighted by atomic mass is 32.1. The van der Waals surface area contributed by atoms with E-state index in [1.165, 1.54) is 11.3 Å². The quantitative estimate of drug-likeness (QED) is 0.889. The van der Waals surface area contributed by atoms with E-state index in [2.05, 4.69) is 5.32 Å². The van der Waals surface area contributed by atoms with Gasteiger partial charge in [0.2, 0.25) is 0 Å². The average Bonchev–Trinajstić information content (AvgIpc) is 2.85. The molecule has 4 nitrogen and oxygen atoms in total. The summed E-state index contributed by atoms with van der Waals surface area (Å²) in [4.78, 5) is 23.5. The third-order valence-electron chi connectivity index (χ3n) is 2.94. The van der Waals surface area contributed by atoms with Crippen LogP contribution in [0.1, 0.15) is 31.2 Å². The minimum absolute atomic E-state index is 0.0770. The molecule has 0 fully saturated rings. The minimum Gasteiger partial charge on any atom is -0.478 e. The molecule has 1 aromatic carbocycles. The smallest absolute Gasteiger partial charge is 0.335 e. The molecule has 0 spiro atoms. The number of benzene rings is 1. The van der Waals surface area contributed by atoms with Gasteiger partial charge in [-0.3, -0.25) is 4.79 Å². The van der Waals surface area contributed by atoms with Crippen LogP contribution in [-0.4, -0.2) is 23.5 Å². The lowest BCUT2D eigenvalue weighted by Crippen LogP contribution is -2.25. The number of carbonyl (C=O) groups is 2. The van der Waals surface area contributed by atoms with Crippen LogP contribution in [0.3, 0.4) is 0 Å². The zero-order valence-corrected chi connectivity index (χ0v) is 11.9. The van der Waals surface area contributed by atoms with E-state index in [9.17, 15) is 9.59 Å². The van der Waals surface area contributed by atoms with Crippen molar-refractivity contribution in [2.45, 2.75) is 13.3 Å². The Hall–Kier alpha value is -2.14. The summed E-state index contributed by atoms with van der Waals surface area (Å²) in [5.41, 5.74) is 2.14. The molecular weight excluding hydrogens is 274 g/mol. The van der Waals surface area contributed by atoms with Crippen LogP contribution < -0.4 is 5.32 Å². The van der Waals surface area contributed by atoms with Crippen molar-refractivity contribution >= 4 is 23.2 Å². The van der Waals surface area contributed by atoms with E-state index in [0.29, 0.717) is 13.0 Å². The number of nitrogens with one attached hydrogen (secondary N) is 1. The summed E-state index contributed by atoms with van der Waals surface area (Å²) < 4.78 is 0. The standard InChI is InChI=1S/C15H15NO3S/c1-10-6-8-20-13(10)14(17)16-7-5-11-3-2-4-12(9-11)15(18)19/h2-4,6,8-9H,5,7H2,1H3,(H,16,17)(H,18,19). The molecule has 0 unspecified atom stereocenters. The van der Waals surface area contributed by atoms with E-state index in [-0.39, 0.29) is 11.5 Å². The van der Waals surface area contributed by atoms with Gasteiger partial charge in [0, 0.05) is 6.54 Å². The molecule has 20 heavy (non-hydrogen) atoms. The van der Waals surface area contributed by atoms with Crippen LogP contribution in [0.2, 0.25) is 0 Å². The van der Waals surface area contributed by atoms with E-state index >= 15 is 0 Å². The van der Waals surface area contributed by atoms with Gasteiger partial charge >= 0.3 is 5.97 Å². The monoisotopic (exact) mass is 289 g/mol. The van der Waals surface area contributed by atoms with Gasteiger partial charge in [-0.1, -0.05) is 12.1 Å². The summed E-state index contributed by atoms with van der Waals surface area (Å²) >= 11 is 1.42. The predicted octanol–water partition coefficient (Wildman–Crippen LogP) is 2.73. The molecule has 2 N–H and O–H groups in total. The Morgan fingerprint density at radius 3 is 2.75 bits per heavy atom. The largest absolute Gasteiger partial charge is 0.478 e. The fraction of sp³-hybridized carbons (Fsp3) is 0.200. The first-order valence-electron chi connectivity index (χ1n) is 6.22. The SMILES string of the molecule is Cc1ccsc1C(=O)NCCc1cccc(C(=O)O)c1. The number of carboxylic acids is 1. The zero-order valence-electron chi connectivity index (χ0n) is 11.1. The second kappa shape index (κ2) is 6.34. The normalized spacial score (nSPS) is 10.2. The summed E-state index contributed by atoms with van der Waals surface area (Å²) in [6.45, 7) is 2.39. The van der Waals surface area contributed by atoms with Crippen molar-refractivity contribution in [1.29, 1.82) is 0 Å². The van der Waals surface area contributed by atoms with Crippen molar-refractivity contribution in [3.05, 3.63) is 57.3 Å². The molecule has 2 aromatic rings. The third kappa shape index (κ3) is 3.45. The van der Waals surface area contributed by atoms with Crippen LogP contribution in [0.4, 0.5) is 0 Å². The molecule has 0 aliphatic rings. The van der Waals surface area contributed by atoms with Gasteiger partial charge in [0.25, 0.3) is 5.91 Å². The molecule has 0 atom stereocenters. The molecule has 0 saturated carbocycles. The summed E-state index contributed by atoms with van der Waals surface area (Å²) in [5.74, 6) is -1.02. The molecule has 1 amide bonds. The Labute approximate surface area is 121 Å². The summed E-state index contributed by atoms with van der Waals surface area (Å²) in [6, 6.07) is 8.67. The number of carbonyl (C=O) groups excluding carboxylic acids is 1. The van der Waals surface area contributed by atoms with Crippen molar-refractivity contribution in [2.24, 2.45) is 0 Å². The summed E-state index contributed by atoms with van der Waals surface area (Å²) in [5, 5.41) is 13.6. The van der Waals surface area contributed by atoms with E-state index in [1.54, 1.807) is 18.2 Å². The highest BCUT2D eigenvalue weighted by molar-refractivity contribution is 7.12. The number of carboxylic acid groups (broad SMARTS) is 1. The molecule has 5 heteroatoms. The molecular formula is C15H15NO3S. The van der Waals surface area contributed by atoms with Crippen LogP contribution in [0.25, 0.3) is 0 Å². The average molecular weight is 289 g/mol. The Bertz CT molecular complexity index is 634. The second-order valence-corrected chi connectivity index (χ2v) is 5.36. The molecule has 0 saturated heterocycles. The van der Waals surface area contributed by atoms with Crippen LogP contribution in [0.15, 0.2) is 35.7 Å². The number of thiophene rings is 1. The highest BCUT2D eigenvalue weighted by Gasteiger charge is 2.09. The van der Waals surface area contributed by atoms with Crippen molar-refractivity contribution in [1.82, 2.24) is 5.32 Å². The van der Waals surface area contributed by atoms with Crippen LogP contribution in [0.5, 0.6) is 0 Å². The lowest BCUT2D eigenvalue weighted by Gasteiger charge is -2.05. The predicted molar refractivity (Wildman–Crippen MR) is 78.5 cm³/mol. The lowest BCUT2D eigenvalue weighted by molar-refractivity contribution is 0.0696. The molecule has 0 bridgehead atoms. The number of amides is 1. The maximum atomic E-state index is 11.9. The molecule has 0 aliphatic heterocycles. The number of rotatable bonds is 5. The zero-order chi connectivity index (χ0) is 14.5. The molecule has 2 rings (SSSR count). The first kappa shape index (κ1) is 14.3. The Morgan fingerprint density at radius 2 is 2.10 bits per heavy atom. The minimum atomic E-state index is -0.940.